The molecule has 1 atom stereocenters. The average Bonchev–Trinajstić information content (AvgIpc) is 2.71. The summed E-state index contributed by atoms with van der Waals surface area (Å²) in [6, 6.07) is 4.00. The number of H-pyrrole nitrogens is 1. The van der Waals surface area contributed by atoms with E-state index in [9.17, 15) is 0 Å². The normalized spacial score (nSPS) is 12.7. The second kappa shape index (κ2) is 3.84. The number of aromatic nitrogens is 3. The molecule has 1 unspecified atom stereocenters. The molecule has 0 saturated heterocycles. The number of hydrogen-bond acceptors (Lipinski definition) is 3. The lowest BCUT2D eigenvalue weighted by molar-refractivity contribution is 1.09. The predicted octanol–water partition coefficient (Wildman–Crippen LogP) is 2.46. The summed E-state index contributed by atoms with van der Waals surface area (Å²) >= 11 is 4.38. The van der Waals surface area contributed by atoms with E-state index < -0.39 is 0 Å². The van der Waals surface area contributed by atoms with Gasteiger partial charge in [0.2, 0.25) is 0 Å². The summed E-state index contributed by atoms with van der Waals surface area (Å²) in [6.07, 6.45) is 5.38. The molecule has 1 N–H and O–H groups in total. The van der Waals surface area contributed by atoms with Gasteiger partial charge in [-0.25, -0.2) is 0 Å². The van der Waals surface area contributed by atoms with Crippen molar-refractivity contribution in [2.45, 2.75) is 12.2 Å². The third-order valence-electron chi connectivity index (χ3n) is 2.06. The molecular formula is C10H11N3S. The van der Waals surface area contributed by atoms with Gasteiger partial charge in [-0.3, -0.25) is 10.1 Å². The Bertz CT molecular complexity index is 409. The fourth-order valence-electron chi connectivity index (χ4n) is 1.26. The first kappa shape index (κ1) is 9.27. The minimum atomic E-state index is 0.226. The van der Waals surface area contributed by atoms with Crippen molar-refractivity contribution < 1.29 is 0 Å². The zero-order valence-electron chi connectivity index (χ0n) is 7.81. The van der Waals surface area contributed by atoms with Crippen molar-refractivity contribution in [3.05, 3.63) is 36.3 Å². The Kier molecular flexibility index (Phi) is 2.54. The molecule has 2 heterocycles. The SMILES string of the molecule is CC(S)c1ccnc(-c2cn[nH]c2)c1. The van der Waals surface area contributed by atoms with Crippen molar-refractivity contribution in [2.75, 3.05) is 0 Å². The van der Waals surface area contributed by atoms with Crippen molar-refractivity contribution in [2.24, 2.45) is 0 Å². The first-order valence-electron chi connectivity index (χ1n) is 4.40. The second-order valence-corrected chi connectivity index (χ2v) is 3.91. The Hall–Kier alpha value is -1.29. The molecule has 3 nitrogen and oxygen atoms in total. The third-order valence-corrected chi connectivity index (χ3v) is 2.36. The molecule has 0 radical (unpaired) electrons. The maximum absolute atomic E-state index is 4.38. The number of nitrogens with zero attached hydrogens (tertiary/aromatic N) is 2. The van der Waals surface area contributed by atoms with Crippen LogP contribution in [-0.2, 0) is 0 Å². The van der Waals surface area contributed by atoms with Crippen LogP contribution < -0.4 is 0 Å². The molecule has 2 aromatic heterocycles. The van der Waals surface area contributed by atoms with Crippen LogP contribution in [0.15, 0.2) is 30.7 Å². The van der Waals surface area contributed by atoms with Gasteiger partial charge in [-0.15, -0.1) is 0 Å². The van der Waals surface area contributed by atoms with Gasteiger partial charge in [0.15, 0.2) is 0 Å². The van der Waals surface area contributed by atoms with Crippen LogP contribution in [0.25, 0.3) is 11.3 Å². The molecule has 0 amide bonds. The van der Waals surface area contributed by atoms with Crippen LogP contribution in [0.1, 0.15) is 17.7 Å². The summed E-state index contributed by atoms with van der Waals surface area (Å²) in [7, 11) is 0. The Morgan fingerprint density at radius 3 is 3.00 bits per heavy atom. The summed E-state index contributed by atoms with van der Waals surface area (Å²) in [5.41, 5.74) is 3.09. The van der Waals surface area contributed by atoms with E-state index in [-0.39, 0.29) is 5.25 Å². The highest BCUT2D eigenvalue weighted by molar-refractivity contribution is 7.80. The standard InChI is InChI=1S/C10H11N3S/c1-7(14)8-2-3-11-10(4-8)9-5-12-13-6-9/h2-7,14H,1H3,(H,12,13). The quantitative estimate of drug-likeness (QED) is 0.739. The molecule has 0 aliphatic rings. The second-order valence-electron chi connectivity index (χ2n) is 3.14. The first-order valence-corrected chi connectivity index (χ1v) is 4.92. The summed E-state index contributed by atoms with van der Waals surface area (Å²) < 4.78 is 0. The lowest BCUT2D eigenvalue weighted by atomic mass is 10.1. The summed E-state index contributed by atoms with van der Waals surface area (Å²) in [5, 5.41) is 6.88. The number of pyridine rings is 1. The molecule has 0 aromatic carbocycles. The average molecular weight is 205 g/mol. The van der Waals surface area contributed by atoms with Gasteiger partial charge in [0.1, 0.15) is 0 Å². The third kappa shape index (κ3) is 1.80. The van der Waals surface area contributed by atoms with E-state index in [2.05, 4.69) is 27.8 Å². The first-order chi connectivity index (χ1) is 6.77. The largest absolute Gasteiger partial charge is 0.285 e. The van der Waals surface area contributed by atoms with Crippen LogP contribution in [0.3, 0.4) is 0 Å². The Morgan fingerprint density at radius 1 is 1.50 bits per heavy atom. The topological polar surface area (TPSA) is 41.6 Å². The molecule has 0 fully saturated rings. The van der Waals surface area contributed by atoms with Gasteiger partial charge in [0.25, 0.3) is 0 Å². The number of rotatable bonds is 2. The molecule has 14 heavy (non-hydrogen) atoms. The number of aromatic amines is 1. The van der Waals surface area contributed by atoms with Crippen LogP contribution >= 0.6 is 12.6 Å². The zero-order valence-corrected chi connectivity index (χ0v) is 8.70. The van der Waals surface area contributed by atoms with Crippen molar-refractivity contribution in [3.8, 4) is 11.3 Å². The van der Waals surface area contributed by atoms with Crippen LogP contribution in [-0.4, -0.2) is 15.2 Å². The smallest absolute Gasteiger partial charge is 0.0736 e. The van der Waals surface area contributed by atoms with Crippen LogP contribution in [0, 0.1) is 0 Å². The van der Waals surface area contributed by atoms with E-state index in [1.807, 2.05) is 25.3 Å². The molecule has 0 aliphatic carbocycles. The molecule has 0 bridgehead atoms. The van der Waals surface area contributed by atoms with E-state index in [1.165, 1.54) is 5.56 Å². The summed E-state index contributed by atoms with van der Waals surface area (Å²) in [4.78, 5) is 4.27. The number of hydrogen-bond donors (Lipinski definition) is 2. The van der Waals surface area contributed by atoms with Crippen LogP contribution in [0.5, 0.6) is 0 Å². The summed E-state index contributed by atoms with van der Waals surface area (Å²) in [5.74, 6) is 0. The Balaban J connectivity index is 2.41. The maximum atomic E-state index is 4.38. The van der Waals surface area contributed by atoms with Gasteiger partial charge < -0.3 is 0 Å². The van der Waals surface area contributed by atoms with E-state index in [0.29, 0.717) is 0 Å². The molecule has 0 spiro atoms. The molecule has 0 aliphatic heterocycles. The maximum Gasteiger partial charge on any atom is 0.0736 e. The molecule has 72 valence electrons. The van der Waals surface area contributed by atoms with Gasteiger partial charge in [-0.2, -0.15) is 17.7 Å². The van der Waals surface area contributed by atoms with Crippen LogP contribution in [0.4, 0.5) is 0 Å². The minimum Gasteiger partial charge on any atom is -0.285 e. The van der Waals surface area contributed by atoms with Crippen molar-refractivity contribution in [1.29, 1.82) is 0 Å². The molecule has 2 rings (SSSR count). The zero-order chi connectivity index (χ0) is 9.97. The number of thiol groups is 1. The lowest BCUT2D eigenvalue weighted by Gasteiger charge is -2.05. The Labute approximate surface area is 88.0 Å². The Morgan fingerprint density at radius 2 is 2.36 bits per heavy atom. The van der Waals surface area contributed by atoms with Gasteiger partial charge in [0, 0.05) is 23.2 Å². The van der Waals surface area contributed by atoms with E-state index in [0.717, 1.165) is 11.3 Å². The van der Waals surface area contributed by atoms with Gasteiger partial charge >= 0.3 is 0 Å². The number of nitrogens with one attached hydrogen (secondary N) is 1. The van der Waals surface area contributed by atoms with E-state index in [4.69, 9.17) is 0 Å². The van der Waals surface area contributed by atoms with E-state index in [1.54, 1.807) is 12.4 Å². The highest BCUT2D eigenvalue weighted by atomic mass is 32.1. The lowest BCUT2D eigenvalue weighted by Crippen LogP contribution is -1.87. The minimum absolute atomic E-state index is 0.226. The summed E-state index contributed by atoms with van der Waals surface area (Å²) in [6.45, 7) is 2.04. The van der Waals surface area contributed by atoms with Crippen LogP contribution in [0.2, 0.25) is 0 Å². The fraction of sp³-hybridized carbons (Fsp3) is 0.200. The highest BCUT2D eigenvalue weighted by Crippen LogP contribution is 2.22. The monoisotopic (exact) mass is 205 g/mol. The molecule has 4 heteroatoms. The molecule has 2 aromatic rings. The fourth-order valence-corrected chi connectivity index (χ4v) is 1.42. The van der Waals surface area contributed by atoms with Crippen molar-refractivity contribution >= 4 is 12.6 Å². The van der Waals surface area contributed by atoms with Gasteiger partial charge in [0.05, 0.1) is 11.9 Å². The molecular weight excluding hydrogens is 194 g/mol. The molecule has 0 saturated carbocycles. The predicted molar refractivity (Wildman–Crippen MR) is 59.2 cm³/mol. The van der Waals surface area contributed by atoms with Crippen molar-refractivity contribution in [3.63, 3.8) is 0 Å². The van der Waals surface area contributed by atoms with Gasteiger partial charge in [-0.05, 0) is 24.6 Å². The van der Waals surface area contributed by atoms with E-state index >= 15 is 0 Å². The highest BCUT2D eigenvalue weighted by Gasteiger charge is 2.04. The van der Waals surface area contributed by atoms with Crippen molar-refractivity contribution in [1.82, 2.24) is 15.2 Å². The van der Waals surface area contributed by atoms with Gasteiger partial charge in [-0.1, -0.05) is 0 Å².